The molecule has 1 fully saturated rings. The van der Waals surface area contributed by atoms with Crippen LogP contribution in [0, 0.1) is 5.82 Å². The Labute approximate surface area is 111 Å². The van der Waals surface area contributed by atoms with E-state index in [1.807, 2.05) is 0 Å². The lowest BCUT2D eigenvalue weighted by Crippen LogP contribution is -2.47. The van der Waals surface area contributed by atoms with E-state index in [9.17, 15) is 12.8 Å². The topological polar surface area (TPSA) is 75.6 Å². The van der Waals surface area contributed by atoms with E-state index in [1.165, 1.54) is 6.07 Å². The van der Waals surface area contributed by atoms with Gasteiger partial charge < -0.3 is 9.84 Å². The highest BCUT2D eigenvalue weighted by Gasteiger charge is 2.32. The maximum absolute atomic E-state index is 13.2. The maximum atomic E-state index is 13.2. The van der Waals surface area contributed by atoms with E-state index in [2.05, 4.69) is 4.72 Å². The SMILES string of the molecule is COC1CC(NS(=O)(=O)c2ccc(F)c(CO)c2)C1. The highest BCUT2D eigenvalue weighted by atomic mass is 32.2. The first-order valence-corrected chi connectivity index (χ1v) is 7.39. The second-order valence-electron chi connectivity index (χ2n) is 4.56. The second-order valence-corrected chi connectivity index (χ2v) is 6.27. The van der Waals surface area contributed by atoms with Gasteiger partial charge in [0.15, 0.2) is 0 Å². The summed E-state index contributed by atoms with van der Waals surface area (Å²) in [5.74, 6) is -0.621. The number of halogens is 1. The molecule has 2 N–H and O–H groups in total. The first kappa shape index (κ1) is 14.4. The van der Waals surface area contributed by atoms with E-state index >= 15 is 0 Å². The van der Waals surface area contributed by atoms with Gasteiger partial charge in [0.05, 0.1) is 17.6 Å². The summed E-state index contributed by atoms with van der Waals surface area (Å²) < 4.78 is 44.9. The second kappa shape index (κ2) is 5.54. The van der Waals surface area contributed by atoms with Crippen molar-refractivity contribution in [1.29, 1.82) is 0 Å². The summed E-state index contributed by atoms with van der Waals surface area (Å²) in [6.45, 7) is -0.537. The highest BCUT2D eigenvalue weighted by Crippen LogP contribution is 2.25. The fraction of sp³-hybridized carbons (Fsp3) is 0.500. The molecular weight excluding hydrogens is 273 g/mol. The van der Waals surface area contributed by atoms with Crippen LogP contribution in [0.5, 0.6) is 0 Å². The molecule has 0 aromatic heterocycles. The third-order valence-electron chi connectivity index (χ3n) is 3.25. The summed E-state index contributed by atoms with van der Waals surface area (Å²) in [6.07, 6.45) is 1.35. The van der Waals surface area contributed by atoms with Crippen molar-refractivity contribution in [2.24, 2.45) is 0 Å². The van der Waals surface area contributed by atoms with Gasteiger partial charge in [-0.15, -0.1) is 0 Å². The van der Waals surface area contributed by atoms with E-state index in [0.717, 1.165) is 12.1 Å². The first-order chi connectivity index (χ1) is 8.96. The average molecular weight is 289 g/mol. The minimum Gasteiger partial charge on any atom is -0.392 e. The van der Waals surface area contributed by atoms with E-state index < -0.39 is 22.4 Å². The van der Waals surface area contributed by atoms with Gasteiger partial charge in [-0.05, 0) is 31.0 Å². The molecule has 106 valence electrons. The normalized spacial score (nSPS) is 23.1. The van der Waals surface area contributed by atoms with Crippen LogP contribution in [-0.4, -0.2) is 32.8 Å². The molecule has 1 aliphatic rings. The van der Waals surface area contributed by atoms with Crippen LogP contribution in [0.1, 0.15) is 18.4 Å². The Kier molecular flexibility index (Phi) is 4.19. The Morgan fingerprint density at radius 3 is 2.74 bits per heavy atom. The van der Waals surface area contributed by atoms with Crippen LogP contribution in [0.3, 0.4) is 0 Å². The quantitative estimate of drug-likeness (QED) is 0.839. The molecule has 7 heteroatoms. The lowest BCUT2D eigenvalue weighted by atomic mass is 9.90. The average Bonchev–Trinajstić information content (AvgIpc) is 2.33. The Morgan fingerprint density at radius 2 is 2.16 bits per heavy atom. The fourth-order valence-corrected chi connectivity index (χ4v) is 3.29. The summed E-state index contributed by atoms with van der Waals surface area (Å²) in [6, 6.07) is 3.21. The van der Waals surface area contributed by atoms with Crippen molar-refractivity contribution in [3.05, 3.63) is 29.6 Å². The van der Waals surface area contributed by atoms with Crippen molar-refractivity contribution < 1.29 is 22.7 Å². The molecule has 0 atom stereocenters. The molecule has 0 amide bonds. The number of ether oxygens (including phenoxy) is 1. The van der Waals surface area contributed by atoms with Gasteiger partial charge in [0.25, 0.3) is 0 Å². The highest BCUT2D eigenvalue weighted by molar-refractivity contribution is 7.89. The molecule has 19 heavy (non-hydrogen) atoms. The van der Waals surface area contributed by atoms with Crippen molar-refractivity contribution in [2.75, 3.05) is 7.11 Å². The van der Waals surface area contributed by atoms with Crippen LogP contribution < -0.4 is 4.72 Å². The lowest BCUT2D eigenvalue weighted by Gasteiger charge is -2.34. The third kappa shape index (κ3) is 3.11. The predicted octanol–water partition coefficient (Wildman–Crippen LogP) is 0.774. The predicted molar refractivity (Wildman–Crippen MR) is 66.5 cm³/mol. The van der Waals surface area contributed by atoms with Gasteiger partial charge in [-0.25, -0.2) is 17.5 Å². The van der Waals surface area contributed by atoms with E-state index in [-0.39, 0.29) is 22.6 Å². The Bertz CT molecular complexity index is 555. The number of benzene rings is 1. The van der Waals surface area contributed by atoms with Crippen molar-refractivity contribution >= 4 is 10.0 Å². The molecule has 2 rings (SSSR count). The lowest BCUT2D eigenvalue weighted by molar-refractivity contribution is 0.0236. The van der Waals surface area contributed by atoms with Crippen LogP contribution in [0.4, 0.5) is 4.39 Å². The molecule has 0 heterocycles. The van der Waals surface area contributed by atoms with Crippen molar-refractivity contribution in [3.63, 3.8) is 0 Å². The van der Waals surface area contributed by atoms with Crippen molar-refractivity contribution in [2.45, 2.75) is 36.5 Å². The number of aliphatic hydroxyl groups is 1. The van der Waals surface area contributed by atoms with Gasteiger partial charge in [0.2, 0.25) is 10.0 Å². The van der Waals surface area contributed by atoms with Gasteiger partial charge in [-0.2, -0.15) is 0 Å². The molecular formula is C12H16FNO4S. The first-order valence-electron chi connectivity index (χ1n) is 5.90. The third-order valence-corrected chi connectivity index (χ3v) is 4.77. The number of hydrogen-bond donors (Lipinski definition) is 2. The molecule has 5 nitrogen and oxygen atoms in total. The molecule has 1 saturated carbocycles. The van der Waals surface area contributed by atoms with Crippen LogP contribution in [-0.2, 0) is 21.4 Å². The standard InChI is InChI=1S/C12H16FNO4S/c1-18-10-5-9(6-10)14-19(16,17)11-2-3-12(13)8(4-11)7-15/h2-4,9-10,14-15H,5-7H2,1H3. The van der Waals surface area contributed by atoms with Gasteiger partial charge in [-0.3, -0.25) is 0 Å². The molecule has 0 aliphatic heterocycles. The monoisotopic (exact) mass is 289 g/mol. The molecule has 0 bridgehead atoms. The molecule has 0 radical (unpaired) electrons. The van der Waals surface area contributed by atoms with Crippen molar-refractivity contribution in [3.8, 4) is 0 Å². The van der Waals surface area contributed by atoms with Crippen LogP contribution in [0.2, 0.25) is 0 Å². The van der Waals surface area contributed by atoms with Gasteiger partial charge in [-0.1, -0.05) is 0 Å². The molecule has 1 aromatic rings. The summed E-state index contributed by atoms with van der Waals surface area (Å²) in [5, 5.41) is 8.94. The molecule has 0 saturated heterocycles. The number of hydrogen-bond acceptors (Lipinski definition) is 4. The van der Waals surface area contributed by atoms with E-state index in [1.54, 1.807) is 7.11 Å². The zero-order valence-corrected chi connectivity index (χ0v) is 11.3. The zero-order valence-electron chi connectivity index (χ0n) is 10.5. The van der Waals surface area contributed by atoms with E-state index in [0.29, 0.717) is 12.8 Å². The molecule has 0 spiro atoms. The minimum atomic E-state index is -3.68. The minimum absolute atomic E-state index is 0.0359. The largest absolute Gasteiger partial charge is 0.392 e. The van der Waals surface area contributed by atoms with Gasteiger partial charge >= 0.3 is 0 Å². The number of rotatable bonds is 5. The molecule has 0 unspecified atom stereocenters. The number of nitrogens with one attached hydrogen (secondary N) is 1. The fourth-order valence-electron chi connectivity index (χ4n) is 1.98. The molecule has 1 aliphatic carbocycles. The number of methoxy groups -OCH3 is 1. The zero-order chi connectivity index (χ0) is 14.0. The Hall–Kier alpha value is -1.02. The molecule has 1 aromatic carbocycles. The Morgan fingerprint density at radius 1 is 1.47 bits per heavy atom. The van der Waals surface area contributed by atoms with Gasteiger partial charge in [0.1, 0.15) is 5.82 Å². The number of sulfonamides is 1. The van der Waals surface area contributed by atoms with Gasteiger partial charge in [0, 0.05) is 18.7 Å². The Balaban J connectivity index is 2.11. The summed E-state index contributed by atoms with van der Waals surface area (Å²) in [4.78, 5) is -0.0428. The van der Waals surface area contributed by atoms with Crippen LogP contribution >= 0.6 is 0 Å². The van der Waals surface area contributed by atoms with Crippen LogP contribution in [0.25, 0.3) is 0 Å². The smallest absolute Gasteiger partial charge is 0.240 e. The summed E-state index contributed by atoms with van der Waals surface area (Å²) >= 11 is 0. The number of aliphatic hydroxyl groups excluding tert-OH is 1. The summed E-state index contributed by atoms with van der Waals surface area (Å²) in [5.41, 5.74) is -0.0359. The summed E-state index contributed by atoms with van der Waals surface area (Å²) in [7, 11) is -2.10. The maximum Gasteiger partial charge on any atom is 0.240 e. The van der Waals surface area contributed by atoms with Crippen LogP contribution in [0.15, 0.2) is 23.1 Å². The van der Waals surface area contributed by atoms with Crippen molar-refractivity contribution in [1.82, 2.24) is 4.72 Å². The van der Waals surface area contributed by atoms with E-state index in [4.69, 9.17) is 9.84 Å².